The Morgan fingerprint density at radius 2 is 1.37 bits per heavy atom. The van der Waals surface area contributed by atoms with Crippen molar-refractivity contribution in [1.82, 2.24) is 23.6 Å². The van der Waals surface area contributed by atoms with Crippen molar-refractivity contribution in [3.63, 3.8) is 0 Å². The first-order valence-electron chi connectivity index (χ1n) is 13.4. The van der Waals surface area contributed by atoms with E-state index < -0.39 is 53.6 Å². The molecule has 0 radical (unpaired) electrons. The number of hydrogen-bond acceptors (Lipinski definition) is 9. The fourth-order valence-electron chi connectivity index (χ4n) is 3.97. The summed E-state index contributed by atoms with van der Waals surface area (Å²) >= 11 is 0. The van der Waals surface area contributed by atoms with Gasteiger partial charge in [-0.3, -0.25) is 14.4 Å². The van der Waals surface area contributed by atoms with Gasteiger partial charge < -0.3 is 28.9 Å². The Balaban J connectivity index is 2.23. The first kappa shape index (κ1) is 31.4. The van der Waals surface area contributed by atoms with Crippen LogP contribution in [0, 0.1) is 10.8 Å². The lowest BCUT2D eigenvalue weighted by atomic mass is 9.97. The summed E-state index contributed by atoms with van der Waals surface area (Å²) in [6.45, 7) is 13.9. The summed E-state index contributed by atoms with van der Waals surface area (Å²) in [5, 5.41) is 9.36. The second-order valence-electron chi connectivity index (χ2n) is 12.3. The molecule has 1 fully saturated rings. The standard InChI is InChI=1S/C27H40N6O8/c1-17(2)9-10-31-18-19(28-23(31)29-11-13-30(14-12-29)25(38)39)32(15-40-21(35)26(3,4)5)24(37)33(20(18)34)16-41-22(36)27(6,7)8/h9H,10-16H2,1-8H3,(H,38,39). The number of piperazine rings is 1. The Bertz CT molecular complexity index is 1470. The predicted octanol–water partition coefficient (Wildman–Crippen LogP) is 2.22. The minimum atomic E-state index is -1.02. The van der Waals surface area contributed by atoms with Crippen LogP contribution < -0.4 is 16.1 Å². The lowest BCUT2D eigenvalue weighted by Gasteiger charge is -2.33. The molecule has 0 saturated carbocycles. The number of esters is 2. The van der Waals surface area contributed by atoms with Crippen molar-refractivity contribution in [2.75, 3.05) is 31.1 Å². The van der Waals surface area contributed by atoms with Crippen molar-refractivity contribution in [3.8, 4) is 0 Å². The lowest BCUT2D eigenvalue weighted by molar-refractivity contribution is -0.157. The van der Waals surface area contributed by atoms with Crippen LogP contribution in [-0.2, 0) is 39.1 Å². The monoisotopic (exact) mass is 576 g/mol. The highest BCUT2D eigenvalue weighted by molar-refractivity contribution is 5.77. The van der Waals surface area contributed by atoms with E-state index in [1.807, 2.05) is 24.8 Å². The number of nitrogens with zero attached hydrogens (tertiary/aromatic N) is 6. The fraction of sp³-hybridized carbons (Fsp3) is 0.630. The van der Waals surface area contributed by atoms with E-state index in [9.17, 15) is 29.1 Å². The molecule has 3 heterocycles. The molecule has 0 unspecified atom stereocenters. The van der Waals surface area contributed by atoms with Crippen molar-refractivity contribution in [2.24, 2.45) is 10.8 Å². The van der Waals surface area contributed by atoms with Gasteiger partial charge in [-0.2, -0.15) is 4.98 Å². The first-order valence-corrected chi connectivity index (χ1v) is 13.4. The molecule has 0 bridgehead atoms. The Hall–Kier alpha value is -4.10. The third-order valence-corrected chi connectivity index (χ3v) is 6.48. The highest BCUT2D eigenvalue weighted by atomic mass is 16.6. The van der Waals surface area contributed by atoms with Crippen LogP contribution in [0.4, 0.5) is 10.7 Å². The molecular formula is C27H40N6O8. The second kappa shape index (κ2) is 11.8. The van der Waals surface area contributed by atoms with Crippen LogP contribution in [-0.4, -0.2) is 72.9 Å². The summed E-state index contributed by atoms with van der Waals surface area (Å²) in [4.78, 5) is 71.7. The second-order valence-corrected chi connectivity index (χ2v) is 12.3. The van der Waals surface area contributed by atoms with Gasteiger partial charge >= 0.3 is 23.7 Å². The number of rotatable bonds is 7. The number of hydrogen-bond donors (Lipinski definition) is 1. The Kier molecular flexibility index (Phi) is 9.04. The molecule has 3 rings (SSSR count). The van der Waals surface area contributed by atoms with Crippen LogP contribution in [0.25, 0.3) is 11.2 Å². The average molecular weight is 577 g/mol. The highest BCUT2D eigenvalue weighted by Crippen LogP contribution is 2.23. The van der Waals surface area contributed by atoms with E-state index in [-0.39, 0.29) is 30.8 Å². The van der Waals surface area contributed by atoms with Gasteiger partial charge in [-0.15, -0.1) is 0 Å². The zero-order valence-corrected chi connectivity index (χ0v) is 25.0. The molecule has 1 aliphatic heterocycles. The summed E-state index contributed by atoms with van der Waals surface area (Å²) < 4.78 is 14.3. The van der Waals surface area contributed by atoms with Gasteiger partial charge in [-0.05, 0) is 55.4 Å². The lowest BCUT2D eigenvalue weighted by Crippen LogP contribution is -2.49. The van der Waals surface area contributed by atoms with Crippen molar-refractivity contribution in [1.29, 1.82) is 0 Å². The average Bonchev–Trinajstić information content (AvgIpc) is 3.25. The largest absolute Gasteiger partial charge is 0.465 e. The summed E-state index contributed by atoms with van der Waals surface area (Å²) in [5.74, 6) is -0.813. The number of amides is 1. The topological polar surface area (TPSA) is 158 Å². The maximum absolute atomic E-state index is 13.8. The third kappa shape index (κ3) is 6.98. The number of anilines is 1. The smallest absolute Gasteiger partial charge is 0.407 e. The SMILES string of the molecule is CC(C)=CCn1c(N2CCN(C(=O)O)CC2)nc2c1c(=O)n(COC(=O)C(C)(C)C)c(=O)n2COC(=O)C(C)(C)C. The summed E-state index contributed by atoms with van der Waals surface area (Å²) in [6, 6.07) is 0. The number of carbonyl (C=O) groups excluding carboxylic acids is 2. The van der Waals surface area contributed by atoms with Gasteiger partial charge in [0.2, 0.25) is 5.95 Å². The molecule has 1 aliphatic rings. The van der Waals surface area contributed by atoms with Crippen molar-refractivity contribution in [2.45, 2.75) is 75.4 Å². The van der Waals surface area contributed by atoms with Crippen LogP contribution in [0.5, 0.6) is 0 Å². The molecule has 2 aromatic heterocycles. The van der Waals surface area contributed by atoms with Crippen molar-refractivity contribution >= 4 is 35.1 Å². The van der Waals surface area contributed by atoms with E-state index in [0.717, 1.165) is 14.7 Å². The Morgan fingerprint density at radius 3 is 1.83 bits per heavy atom. The van der Waals surface area contributed by atoms with Crippen molar-refractivity contribution < 1.29 is 29.0 Å². The zero-order chi connectivity index (χ0) is 30.9. The molecule has 0 atom stereocenters. The molecule has 0 spiro atoms. The van der Waals surface area contributed by atoms with Gasteiger partial charge in [0.25, 0.3) is 5.56 Å². The molecule has 14 nitrogen and oxygen atoms in total. The van der Waals surface area contributed by atoms with Crippen LogP contribution in [0.1, 0.15) is 55.4 Å². The summed E-state index contributed by atoms with van der Waals surface area (Å²) in [5.41, 5.74) is -2.28. The minimum absolute atomic E-state index is 0.00192. The maximum atomic E-state index is 13.8. The van der Waals surface area contributed by atoms with Crippen molar-refractivity contribution in [3.05, 3.63) is 32.5 Å². The number of aromatic nitrogens is 4. The predicted molar refractivity (Wildman–Crippen MR) is 151 cm³/mol. The molecule has 1 saturated heterocycles. The van der Waals surface area contributed by atoms with Gasteiger partial charge in [0.05, 0.1) is 10.8 Å². The molecule has 0 aromatic carbocycles. The van der Waals surface area contributed by atoms with Gasteiger partial charge in [0.15, 0.2) is 24.6 Å². The maximum Gasteiger partial charge on any atom is 0.407 e. The molecular weight excluding hydrogens is 536 g/mol. The number of ether oxygens (including phenoxy) is 2. The van der Waals surface area contributed by atoms with E-state index in [2.05, 4.69) is 4.98 Å². The zero-order valence-electron chi connectivity index (χ0n) is 25.0. The number of carboxylic acid groups (broad SMARTS) is 1. The molecule has 14 heteroatoms. The Morgan fingerprint density at radius 1 is 0.854 bits per heavy atom. The molecule has 2 aromatic rings. The first-order chi connectivity index (χ1) is 18.9. The van der Waals surface area contributed by atoms with E-state index in [1.54, 1.807) is 46.1 Å². The minimum Gasteiger partial charge on any atom is -0.465 e. The summed E-state index contributed by atoms with van der Waals surface area (Å²) in [6.07, 6.45) is 0.862. The van der Waals surface area contributed by atoms with E-state index >= 15 is 0 Å². The van der Waals surface area contributed by atoms with E-state index in [4.69, 9.17) is 9.47 Å². The summed E-state index contributed by atoms with van der Waals surface area (Å²) in [7, 11) is 0. The quantitative estimate of drug-likeness (QED) is 0.383. The van der Waals surface area contributed by atoms with Gasteiger partial charge in [0.1, 0.15) is 0 Å². The van der Waals surface area contributed by atoms with E-state index in [1.165, 1.54) is 4.90 Å². The van der Waals surface area contributed by atoms with Crippen LogP contribution in [0.2, 0.25) is 0 Å². The van der Waals surface area contributed by atoms with Gasteiger partial charge in [-0.1, -0.05) is 11.6 Å². The van der Waals surface area contributed by atoms with E-state index in [0.29, 0.717) is 19.0 Å². The number of allylic oxidation sites excluding steroid dienone is 2. The highest BCUT2D eigenvalue weighted by Gasteiger charge is 2.30. The fourth-order valence-corrected chi connectivity index (χ4v) is 3.97. The number of carbonyl (C=O) groups is 3. The van der Waals surface area contributed by atoms with Crippen LogP contribution >= 0.6 is 0 Å². The molecule has 226 valence electrons. The third-order valence-electron chi connectivity index (χ3n) is 6.48. The van der Waals surface area contributed by atoms with Gasteiger partial charge in [0, 0.05) is 32.7 Å². The Labute approximate surface area is 237 Å². The number of fused-ring (bicyclic) bond motifs is 1. The van der Waals surface area contributed by atoms with Crippen LogP contribution in [0.15, 0.2) is 21.2 Å². The molecule has 1 amide bonds. The molecule has 0 aliphatic carbocycles. The number of imidazole rings is 1. The molecule has 1 N–H and O–H groups in total. The van der Waals surface area contributed by atoms with Crippen LogP contribution in [0.3, 0.4) is 0 Å². The van der Waals surface area contributed by atoms with Gasteiger partial charge in [-0.25, -0.2) is 18.7 Å². The molecule has 41 heavy (non-hydrogen) atoms. The normalized spacial score (nSPS) is 14.2.